The van der Waals surface area contributed by atoms with E-state index in [1.54, 1.807) is 0 Å². The van der Waals surface area contributed by atoms with E-state index in [9.17, 15) is 0 Å². The quantitative estimate of drug-likeness (QED) is 0.363. The van der Waals surface area contributed by atoms with Crippen LogP contribution in [0.2, 0.25) is 0 Å². The fourth-order valence-electron chi connectivity index (χ4n) is 1.43. The van der Waals surface area contributed by atoms with Crippen molar-refractivity contribution in [2.75, 3.05) is 0 Å². The van der Waals surface area contributed by atoms with Crippen LogP contribution >= 0.6 is 0 Å². The summed E-state index contributed by atoms with van der Waals surface area (Å²) in [6.45, 7) is 13.6. The van der Waals surface area contributed by atoms with E-state index in [1.165, 1.54) is 11.1 Å². The molecular formula is C13H21Cl2Ti. The second-order valence-electron chi connectivity index (χ2n) is 5.94. The molecule has 0 nitrogen and oxygen atoms in total. The third-order valence-electron chi connectivity index (χ3n) is 2.56. The van der Waals surface area contributed by atoms with Gasteiger partial charge in [0.15, 0.2) is 0 Å². The van der Waals surface area contributed by atoms with Gasteiger partial charge in [-0.05, 0) is 10.8 Å². The molecule has 0 aliphatic heterocycles. The molecule has 0 fully saturated rings. The van der Waals surface area contributed by atoms with Gasteiger partial charge in [0.05, 0.1) is 0 Å². The van der Waals surface area contributed by atoms with E-state index in [4.69, 9.17) is 0 Å². The van der Waals surface area contributed by atoms with Crippen LogP contribution in [0.5, 0.6) is 0 Å². The van der Waals surface area contributed by atoms with Crippen LogP contribution in [0.25, 0.3) is 0 Å². The SMILES string of the molecule is CC(C)(C)C1=[C-]CC(C(C)(C)C)=C1.[Cl-].[Cl-].[Ti+3]. The number of hydrogen-bond donors (Lipinski definition) is 0. The van der Waals surface area contributed by atoms with Gasteiger partial charge in [0, 0.05) is 0 Å². The Hall–Kier alpha value is 0.774. The topological polar surface area (TPSA) is 0 Å². The summed E-state index contributed by atoms with van der Waals surface area (Å²) in [7, 11) is 0. The maximum absolute atomic E-state index is 3.48. The second kappa shape index (κ2) is 7.26. The normalized spacial score (nSPS) is 15.1. The number of hydrogen-bond acceptors (Lipinski definition) is 0. The average Bonchev–Trinajstić information content (AvgIpc) is 2.28. The van der Waals surface area contributed by atoms with E-state index < -0.39 is 0 Å². The van der Waals surface area contributed by atoms with Crippen molar-refractivity contribution in [1.29, 1.82) is 0 Å². The van der Waals surface area contributed by atoms with E-state index in [0.29, 0.717) is 5.41 Å². The molecule has 0 saturated heterocycles. The standard InChI is InChI=1S/C13H21.2ClH.Ti/c1-12(2,3)10-7-8-11(9-10)13(4,5)6;;;/h9H,7H2,1-6H3;2*1H;/q-1;;;+3/p-2. The van der Waals surface area contributed by atoms with Crippen LogP contribution in [0.15, 0.2) is 17.2 Å². The summed E-state index contributed by atoms with van der Waals surface area (Å²) < 4.78 is 0. The van der Waals surface area contributed by atoms with Gasteiger partial charge in [-0.25, -0.2) is 11.6 Å². The van der Waals surface area contributed by atoms with E-state index in [1.807, 2.05) is 0 Å². The summed E-state index contributed by atoms with van der Waals surface area (Å²) in [5, 5.41) is 0. The summed E-state index contributed by atoms with van der Waals surface area (Å²) in [6.07, 6.45) is 6.83. The molecule has 0 aromatic rings. The van der Waals surface area contributed by atoms with Crippen molar-refractivity contribution in [1.82, 2.24) is 0 Å². The number of allylic oxidation sites excluding steroid dienone is 4. The van der Waals surface area contributed by atoms with Crippen molar-refractivity contribution >= 4 is 0 Å². The molecule has 91 valence electrons. The molecule has 0 unspecified atom stereocenters. The van der Waals surface area contributed by atoms with Crippen molar-refractivity contribution in [3.8, 4) is 0 Å². The summed E-state index contributed by atoms with van der Waals surface area (Å²) in [5.41, 5.74) is 3.45. The third-order valence-corrected chi connectivity index (χ3v) is 2.56. The largest absolute Gasteiger partial charge is 3.00 e. The first kappa shape index (κ1) is 22.0. The monoisotopic (exact) mass is 295 g/mol. The van der Waals surface area contributed by atoms with Crippen LogP contribution in [0, 0.1) is 16.9 Å². The van der Waals surface area contributed by atoms with Crippen LogP contribution in [-0.4, -0.2) is 0 Å². The van der Waals surface area contributed by atoms with Crippen molar-refractivity contribution in [2.24, 2.45) is 10.8 Å². The Labute approximate surface area is 128 Å². The zero-order valence-electron chi connectivity index (χ0n) is 11.0. The maximum Gasteiger partial charge on any atom is 3.00 e. The van der Waals surface area contributed by atoms with Crippen molar-refractivity contribution in [3.05, 3.63) is 23.3 Å². The molecule has 0 spiro atoms. The fraction of sp³-hybridized carbons (Fsp3) is 0.692. The van der Waals surface area contributed by atoms with Gasteiger partial charge in [0.2, 0.25) is 0 Å². The molecule has 0 bridgehead atoms. The smallest absolute Gasteiger partial charge is 1.00 e. The van der Waals surface area contributed by atoms with Crippen LogP contribution in [-0.2, 0) is 21.7 Å². The van der Waals surface area contributed by atoms with Gasteiger partial charge < -0.3 is 24.8 Å². The summed E-state index contributed by atoms with van der Waals surface area (Å²) in [6, 6.07) is 0. The Morgan fingerprint density at radius 3 is 1.56 bits per heavy atom. The molecule has 0 amide bonds. The molecule has 1 aliphatic rings. The molecule has 1 rings (SSSR count). The van der Waals surface area contributed by atoms with E-state index in [2.05, 4.69) is 53.7 Å². The van der Waals surface area contributed by atoms with Crippen LogP contribution in [0.1, 0.15) is 48.0 Å². The van der Waals surface area contributed by atoms with Crippen LogP contribution in [0.4, 0.5) is 0 Å². The van der Waals surface area contributed by atoms with Crippen molar-refractivity contribution in [3.63, 3.8) is 0 Å². The van der Waals surface area contributed by atoms with Gasteiger partial charge in [0.1, 0.15) is 0 Å². The molecule has 0 aromatic carbocycles. The molecule has 0 heterocycles. The molecule has 0 saturated carbocycles. The van der Waals surface area contributed by atoms with Gasteiger partial charge in [0.25, 0.3) is 0 Å². The van der Waals surface area contributed by atoms with Gasteiger partial charge in [-0.1, -0.05) is 41.5 Å². The Morgan fingerprint density at radius 2 is 1.38 bits per heavy atom. The predicted octanol–water partition coefficient (Wildman–Crippen LogP) is -1.86. The molecule has 0 aromatic heterocycles. The second-order valence-corrected chi connectivity index (χ2v) is 5.94. The third kappa shape index (κ3) is 5.91. The zero-order chi connectivity index (χ0) is 10.3. The number of rotatable bonds is 0. The van der Waals surface area contributed by atoms with Gasteiger partial charge in [-0.2, -0.15) is 5.57 Å². The average molecular weight is 296 g/mol. The predicted molar refractivity (Wildman–Crippen MR) is 58.4 cm³/mol. The fourth-order valence-corrected chi connectivity index (χ4v) is 1.43. The zero-order valence-corrected chi connectivity index (χ0v) is 14.1. The van der Waals surface area contributed by atoms with Gasteiger partial charge in [-0.15, -0.1) is 6.42 Å². The molecule has 1 radical (unpaired) electrons. The minimum Gasteiger partial charge on any atom is -1.00 e. The van der Waals surface area contributed by atoms with Crippen LogP contribution < -0.4 is 24.8 Å². The number of halogens is 2. The Balaban J connectivity index is -0.000000563. The molecule has 16 heavy (non-hydrogen) atoms. The molecule has 1 aliphatic carbocycles. The minimum atomic E-state index is 0. The van der Waals surface area contributed by atoms with E-state index >= 15 is 0 Å². The first-order valence-electron chi connectivity index (χ1n) is 5.03. The molecule has 0 N–H and O–H groups in total. The van der Waals surface area contributed by atoms with Gasteiger partial charge in [-0.3, -0.25) is 6.08 Å². The first-order chi connectivity index (χ1) is 5.71. The van der Waals surface area contributed by atoms with Crippen molar-refractivity contribution in [2.45, 2.75) is 48.0 Å². The first-order valence-corrected chi connectivity index (χ1v) is 5.03. The summed E-state index contributed by atoms with van der Waals surface area (Å²) >= 11 is 0. The summed E-state index contributed by atoms with van der Waals surface area (Å²) in [5.74, 6) is 0. The van der Waals surface area contributed by atoms with Gasteiger partial charge >= 0.3 is 21.7 Å². The molecule has 3 heteroatoms. The van der Waals surface area contributed by atoms with Crippen LogP contribution in [0.3, 0.4) is 0 Å². The Morgan fingerprint density at radius 1 is 0.938 bits per heavy atom. The van der Waals surface area contributed by atoms with E-state index in [0.717, 1.165) is 6.42 Å². The molecular weight excluding hydrogens is 275 g/mol. The Kier molecular flexibility index (Phi) is 9.99. The van der Waals surface area contributed by atoms with Crippen molar-refractivity contribution < 1.29 is 46.5 Å². The van der Waals surface area contributed by atoms with E-state index in [-0.39, 0.29) is 51.9 Å². The summed E-state index contributed by atoms with van der Waals surface area (Å²) in [4.78, 5) is 0. The maximum atomic E-state index is 3.48. The molecule has 0 atom stereocenters. The minimum absolute atomic E-state index is 0. The Bertz CT molecular complexity index is 265.